The molecule has 0 saturated carbocycles. The van der Waals surface area contributed by atoms with E-state index in [4.69, 9.17) is 4.74 Å². The third-order valence-electron chi connectivity index (χ3n) is 2.97. The van der Waals surface area contributed by atoms with Crippen LogP contribution in [0.1, 0.15) is 10.5 Å². The van der Waals surface area contributed by atoms with Crippen LogP contribution in [0.5, 0.6) is 0 Å². The average molecular weight is 253 g/mol. The molecule has 0 amide bonds. The van der Waals surface area contributed by atoms with Crippen LogP contribution in [-0.4, -0.2) is 28.5 Å². The summed E-state index contributed by atoms with van der Waals surface area (Å²) >= 11 is 0. The summed E-state index contributed by atoms with van der Waals surface area (Å²) in [6.45, 7) is 0. The number of aromatic amines is 1. The molecule has 0 spiro atoms. The number of aromatic nitrogens is 3. The monoisotopic (exact) mass is 253 g/mol. The van der Waals surface area contributed by atoms with Crippen LogP contribution in [-0.2, 0) is 4.74 Å². The van der Waals surface area contributed by atoms with E-state index in [-0.39, 0.29) is 5.69 Å². The lowest BCUT2D eigenvalue weighted by molar-refractivity contribution is 0.0595. The van der Waals surface area contributed by atoms with Crippen molar-refractivity contribution in [2.75, 3.05) is 7.11 Å². The van der Waals surface area contributed by atoms with Crippen molar-refractivity contribution < 1.29 is 9.53 Å². The summed E-state index contributed by atoms with van der Waals surface area (Å²) in [7, 11) is 1.32. The predicted molar refractivity (Wildman–Crippen MR) is 70.7 cm³/mol. The minimum atomic E-state index is -0.503. The Morgan fingerprint density at radius 3 is 2.74 bits per heavy atom. The summed E-state index contributed by atoms with van der Waals surface area (Å²) in [6, 6.07) is 13.8. The Bertz CT molecular complexity index is 744. The zero-order valence-electron chi connectivity index (χ0n) is 10.3. The summed E-state index contributed by atoms with van der Waals surface area (Å²) in [5.41, 5.74) is 1.55. The Labute approximate surface area is 109 Å². The Morgan fingerprint density at radius 1 is 1.11 bits per heavy atom. The Balaban J connectivity index is 2.26. The van der Waals surface area contributed by atoms with Crippen LogP contribution in [0.3, 0.4) is 0 Å². The largest absolute Gasteiger partial charge is 0.464 e. The third-order valence-corrected chi connectivity index (χ3v) is 2.97. The first-order valence-corrected chi connectivity index (χ1v) is 5.78. The van der Waals surface area contributed by atoms with Crippen LogP contribution < -0.4 is 0 Å². The van der Waals surface area contributed by atoms with Gasteiger partial charge in [0.1, 0.15) is 5.69 Å². The molecular formula is C14H11N3O2. The van der Waals surface area contributed by atoms with Crippen LogP contribution >= 0.6 is 0 Å². The average Bonchev–Trinajstić information content (AvgIpc) is 2.95. The lowest BCUT2D eigenvalue weighted by atomic mass is 10.0. The summed E-state index contributed by atoms with van der Waals surface area (Å²) < 4.78 is 4.71. The first-order valence-electron chi connectivity index (χ1n) is 5.78. The minimum absolute atomic E-state index is 0.193. The predicted octanol–water partition coefficient (Wildman–Crippen LogP) is 2.41. The molecule has 0 saturated heterocycles. The molecule has 0 aliphatic rings. The number of H-pyrrole nitrogens is 1. The first-order chi connectivity index (χ1) is 9.31. The van der Waals surface area contributed by atoms with Crippen molar-refractivity contribution >= 4 is 16.7 Å². The fourth-order valence-corrected chi connectivity index (χ4v) is 2.09. The Hall–Kier alpha value is -2.69. The molecule has 0 aliphatic heterocycles. The highest BCUT2D eigenvalue weighted by Gasteiger charge is 2.19. The van der Waals surface area contributed by atoms with Gasteiger partial charge in [-0.05, 0) is 10.8 Å². The molecule has 0 bridgehead atoms. The van der Waals surface area contributed by atoms with E-state index in [9.17, 15) is 4.79 Å². The third kappa shape index (κ3) is 1.85. The number of carbonyl (C=O) groups excluding carboxylic acids is 1. The van der Waals surface area contributed by atoms with Crippen molar-refractivity contribution in [2.45, 2.75) is 0 Å². The SMILES string of the molecule is COC(=O)c1n[nH]nc1-c1cccc2ccccc12. The molecule has 5 nitrogen and oxygen atoms in total. The number of rotatable bonds is 2. The summed E-state index contributed by atoms with van der Waals surface area (Å²) in [4.78, 5) is 11.7. The van der Waals surface area contributed by atoms with Crippen molar-refractivity contribution in [3.8, 4) is 11.3 Å². The highest BCUT2D eigenvalue weighted by Crippen LogP contribution is 2.28. The highest BCUT2D eigenvalue weighted by atomic mass is 16.5. The second-order valence-corrected chi connectivity index (χ2v) is 4.04. The molecule has 0 aliphatic carbocycles. The molecule has 3 rings (SSSR count). The van der Waals surface area contributed by atoms with E-state index in [1.807, 2.05) is 42.5 Å². The first kappa shape index (κ1) is 11.4. The van der Waals surface area contributed by atoms with Crippen LogP contribution in [0.4, 0.5) is 0 Å². The Morgan fingerprint density at radius 2 is 1.89 bits per heavy atom. The van der Waals surface area contributed by atoms with Gasteiger partial charge in [0.25, 0.3) is 0 Å². The molecule has 0 fully saturated rings. The van der Waals surface area contributed by atoms with Gasteiger partial charge in [0.2, 0.25) is 0 Å². The molecular weight excluding hydrogens is 242 g/mol. The van der Waals surface area contributed by atoms with Crippen molar-refractivity contribution in [3.63, 3.8) is 0 Å². The van der Waals surface area contributed by atoms with Gasteiger partial charge in [-0.15, -0.1) is 5.10 Å². The van der Waals surface area contributed by atoms with Gasteiger partial charge in [0.15, 0.2) is 5.69 Å². The van der Waals surface area contributed by atoms with Gasteiger partial charge >= 0.3 is 5.97 Å². The molecule has 0 unspecified atom stereocenters. The van der Waals surface area contributed by atoms with Gasteiger partial charge in [-0.25, -0.2) is 4.79 Å². The maximum absolute atomic E-state index is 11.7. The van der Waals surface area contributed by atoms with Crippen LogP contribution in [0.25, 0.3) is 22.0 Å². The van der Waals surface area contributed by atoms with Gasteiger partial charge in [-0.3, -0.25) is 0 Å². The molecule has 94 valence electrons. The molecule has 1 N–H and O–H groups in total. The number of ether oxygens (including phenoxy) is 1. The molecule has 19 heavy (non-hydrogen) atoms. The molecule has 5 heteroatoms. The number of carbonyl (C=O) groups is 1. The molecule has 2 aromatic carbocycles. The zero-order chi connectivity index (χ0) is 13.2. The van der Waals surface area contributed by atoms with Gasteiger partial charge in [-0.1, -0.05) is 42.5 Å². The lowest BCUT2D eigenvalue weighted by Gasteiger charge is -2.04. The zero-order valence-corrected chi connectivity index (χ0v) is 10.3. The number of nitrogens with one attached hydrogen (secondary N) is 1. The molecule has 3 aromatic rings. The number of hydrogen-bond acceptors (Lipinski definition) is 4. The summed E-state index contributed by atoms with van der Waals surface area (Å²) in [5, 5.41) is 12.5. The molecule has 0 atom stereocenters. The fraction of sp³-hybridized carbons (Fsp3) is 0.0714. The standard InChI is InChI=1S/C14H11N3O2/c1-19-14(18)13-12(15-17-16-13)11-8-4-6-9-5-2-3-7-10(9)11/h2-8H,1H3,(H,15,16,17). The number of benzene rings is 2. The highest BCUT2D eigenvalue weighted by molar-refractivity contribution is 6.01. The fourth-order valence-electron chi connectivity index (χ4n) is 2.09. The second-order valence-electron chi connectivity index (χ2n) is 4.04. The van der Waals surface area contributed by atoms with Crippen LogP contribution in [0.15, 0.2) is 42.5 Å². The van der Waals surface area contributed by atoms with Crippen LogP contribution in [0, 0.1) is 0 Å². The number of fused-ring (bicyclic) bond motifs is 1. The van der Waals surface area contributed by atoms with Gasteiger partial charge in [-0.2, -0.15) is 10.3 Å². The molecule has 0 radical (unpaired) electrons. The molecule has 1 heterocycles. The van der Waals surface area contributed by atoms with E-state index in [1.54, 1.807) is 0 Å². The summed E-state index contributed by atoms with van der Waals surface area (Å²) in [5.74, 6) is -0.503. The number of hydrogen-bond donors (Lipinski definition) is 1. The van der Waals surface area contributed by atoms with E-state index in [1.165, 1.54) is 7.11 Å². The quantitative estimate of drug-likeness (QED) is 0.712. The maximum atomic E-state index is 11.7. The number of esters is 1. The lowest BCUT2D eigenvalue weighted by Crippen LogP contribution is -2.03. The molecule has 1 aromatic heterocycles. The summed E-state index contributed by atoms with van der Waals surface area (Å²) in [6.07, 6.45) is 0. The Kier molecular flexibility index (Phi) is 2.72. The van der Waals surface area contributed by atoms with Gasteiger partial charge < -0.3 is 4.74 Å². The topological polar surface area (TPSA) is 67.9 Å². The second kappa shape index (κ2) is 4.53. The van der Waals surface area contributed by atoms with Gasteiger partial charge in [0, 0.05) is 5.56 Å². The van der Waals surface area contributed by atoms with E-state index >= 15 is 0 Å². The van der Waals surface area contributed by atoms with E-state index < -0.39 is 5.97 Å². The van der Waals surface area contributed by atoms with Crippen molar-refractivity contribution in [2.24, 2.45) is 0 Å². The van der Waals surface area contributed by atoms with E-state index in [0.29, 0.717) is 5.69 Å². The van der Waals surface area contributed by atoms with Gasteiger partial charge in [0.05, 0.1) is 7.11 Å². The minimum Gasteiger partial charge on any atom is -0.464 e. The van der Waals surface area contributed by atoms with Crippen molar-refractivity contribution in [1.82, 2.24) is 15.4 Å². The van der Waals surface area contributed by atoms with Crippen molar-refractivity contribution in [3.05, 3.63) is 48.2 Å². The van der Waals surface area contributed by atoms with E-state index in [0.717, 1.165) is 16.3 Å². The maximum Gasteiger partial charge on any atom is 0.360 e. The van der Waals surface area contributed by atoms with Crippen LogP contribution in [0.2, 0.25) is 0 Å². The number of nitrogens with zero attached hydrogens (tertiary/aromatic N) is 2. The normalized spacial score (nSPS) is 10.6. The van der Waals surface area contributed by atoms with E-state index in [2.05, 4.69) is 15.4 Å². The smallest absolute Gasteiger partial charge is 0.360 e. The number of methoxy groups -OCH3 is 1. The van der Waals surface area contributed by atoms with Crippen molar-refractivity contribution in [1.29, 1.82) is 0 Å².